The van der Waals surface area contributed by atoms with Crippen molar-refractivity contribution in [2.24, 2.45) is 23.7 Å². The van der Waals surface area contributed by atoms with Gasteiger partial charge in [-0.1, -0.05) is 13.2 Å². The lowest BCUT2D eigenvalue weighted by Gasteiger charge is -2.28. The summed E-state index contributed by atoms with van der Waals surface area (Å²) >= 11 is 0. The standard InChI is InChI=1S/C24H36N2O8/c1-3-21(27)31-9-5-6-10-33-23(29)25-8-7-17-13-19-14-18(17)15-20(19)16-26-24(30)34-12-11-32-22(28)4-2/h3-4,17-20H,1-2,5-16H2,(H,25,29)(H,26,30). The topological polar surface area (TPSA) is 129 Å². The fourth-order valence-electron chi connectivity index (χ4n) is 4.73. The van der Waals surface area contributed by atoms with Crippen molar-refractivity contribution in [3.8, 4) is 0 Å². The van der Waals surface area contributed by atoms with Gasteiger partial charge in [-0.25, -0.2) is 19.2 Å². The molecule has 34 heavy (non-hydrogen) atoms. The van der Waals surface area contributed by atoms with Crippen molar-refractivity contribution in [1.29, 1.82) is 0 Å². The quantitative estimate of drug-likeness (QED) is 0.158. The second-order valence-electron chi connectivity index (χ2n) is 8.57. The number of alkyl carbamates (subject to hydrolysis) is 2. The van der Waals surface area contributed by atoms with Gasteiger partial charge in [0.15, 0.2) is 0 Å². The van der Waals surface area contributed by atoms with Crippen molar-refractivity contribution in [3.05, 3.63) is 25.3 Å². The van der Waals surface area contributed by atoms with Crippen molar-refractivity contribution in [2.75, 3.05) is 39.5 Å². The Balaban J connectivity index is 1.48. The number of ether oxygens (including phenoxy) is 4. The minimum Gasteiger partial charge on any atom is -0.463 e. The summed E-state index contributed by atoms with van der Waals surface area (Å²) in [6.45, 7) is 8.34. The lowest BCUT2D eigenvalue weighted by molar-refractivity contribution is -0.139. The molecule has 0 spiro atoms. The molecule has 0 aromatic carbocycles. The van der Waals surface area contributed by atoms with E-state index in [0.717, 1.165) is 37.8 Å². The molecule has 4 unspecified atom stereocenters. The molecule has 2 aliphatic rings. The minimum atomic E-state index is -0.548. The predicted molar refractivity (Wildman–Crippen MR) is 123 cm³/mol. The van der Waals surface area contributed by atoms with E-state index in [2.05, 4.69) is 23.8 Å². The van der Waals surface area contributed by atoms with Crippen LogP contribution < -0.4 is 10.6 Å². The summed E-state index contributed by atoms with van der Waals surface area (Å²) in [6.07, 6.45) is 6.72. The number of hydrogen-bond donors (Lipinski definition) is 2. The van der Waals surface area contributed by atoms with Crippen LogP contribution in [0.15, 0.2) is 25.3 Å². The lowest BCUT2D eigenvalue weighted by atomic mass is 9.80. The third kappa shape index (κ3) is 9.84. The zero-order valence-electron chi connectivity index (χ0n) is 19.6. The molecule has 4 atom stereocenters. The van der Waals surface area contributed by atoms with E-state index in [4.69, 9.17) is 18.9 Å². The monoisotopic (exact) mass is 480 g/mol. The summed E-state index contributed by atoms with van der Waals surface area (Å²) < 4.78 is 19.7. The van der Waals surface area contributed by atoms with Gasteiger partial charge in [0.25, 0.3) is 0 Å². The van der Waals surface area contributed by atoms with E-state index in [9.17, 15) is 19.2 Å². The highest BCUT2D eigenvalue weighted by Crippen LogP contribution is 2.52. The second kappa shape index (κ2) is 15.0. The number of hydrogen-bond acceptors (Lipinski definition) is 8. The summed E-state index contributed by atoms with van der Waals surface area (Å²) in [6, 6.07) is 0. The second-order valence-corrected chi connectivity index (χ2v) is 8.57. The van der Waals surface area contributed by atoms with Gasteiger partial charge in [0.05, 0.1) is 13.2 Å². The number of amides is 2. The molecule has 2 saturated carbocycles. The molecule has 2 N–H and O–H groups in total. The van der Waals surface area contributed by atoms with E-state index in [-0.39, 0.29) is 26.4 Å². The van der Waals surface area contributed by atoms with Gasteiger partial charge in [-0.15, -0.1) is 0 Å². The highest BCUT2D eigenvalue weighted by atomic mass is 16.6. The van der Waals surface area contributed by atoms with Gasteiger partial charge in [-0.3, -0.25) is 0 Å². The Labute approximate surface area is 200 Å². The van der Waals surface area contributed by atoms with Crippen LogP contribution in [0.4, 0.5) is 9.59 Å². The molecule has 2 amide bonds. The number of unbranched alkanes of at least 4 members (excludes halogenated alkanes) is 1. The first kappa shape index (κ1) is 27.2. The molecule has 2 aliphatic carbocycles. The van der Waals surface area contributed by atoms with Gasteiger partial charge in [0.1, 0.15) is 13.2 Å². The molecule has 2 rings (SSSR count). The molecule has 190 valence electrons. The molecule has 2 bridgehead atoms. The van der Waals surface area contributed by atoms with E-state index < -0.39 is 24.1 Å². The maximum atomic E-state index is 11.8. The number of carbonyl (C=O) groups excluding carboxylic acids is 4. The van der Waals surface area contributed by atoms with Crippen LogP contribution in [0.3, 0.4) is 0 Å². The van der Waals surface area contributed by atoms with E-state index in [1.807, 2.05) is 0 Å². The van der Waals surface area contributed by atoms with Crippen LogP contribution in [0, 0.1) is 23.7 Å². The number of esters is 2. The Hall–Kier alpha value is -3.04. The van der Waals surface area contributed by atoms with Crippen molar-refractivity contribution in [3.63, 3.8) is 0 Å². The Kier molecular flexibility index (Phi) is 12.0. The van der Waals surface area contributed by atoms with Crippen molar-refractivity contribution >= 4 is 24.1 Å². The summed E-state index contributed by atoms with van der Waals surface area (Å²) in [5.41, 5.74) is 0. The largest absolute Gasteiger partial charge is 0.463 e. The fraction of sp³-hybridized carbons (Fsp3) is 0.667. The Morgan fingerprint density at radius 3 is 1.88 bits per heavy atom. The molecule has 0 aromatic heterocycles. The summed E-state index contributed by atoms with van der Waals surface area (Å²) in [7, 11) is 0. The molecule has 0 saturated heterocycles. The van der Waals surface area contributed by atoms with Gasteiger partial charge in [0.2, 0.25) is 0 Å². The maximum absolute atomic E-state index is 11.8. The molecule has 0 heterocycles. The zero-order chi connectivity index (χ0) is 24.8. The number of carbonyl (C=O) groups is 4. The van der Waals surface area contributed by atoms with E-state index >= 15 is 0 Å². The van der Waals surface area contributed by atoms with E-state index in [1.54, 1.807) is 0 Å². The van der Waals surface area contributed by atoms with Gasteiger partial charge >= 0.3 is 24.1 Å². The molecule has 10 nitrogen and oxygen atoms in total. The molecule has 0 aliphatic heterocycles. The normalized spacial score (nSPS) is 22.4. The molecule has 2 fully saturated rings. The van der Waals surface area contributed by atoms with Crippen molar-refractivity contribution in [2.45, 2.75) is 38.5 Å². The molecule has 10 heteroatoms. The van der Waals surface area contributed by atoms with Crippen LogP contribution in [0.25, 0.3) is 0 Å². The fourth-order valence-corrected chi connectivity index (χ4v) is 4.73. The lowest BCUT2D eigenvalue weighted by Crippen LogP contribution is -2.34. The highest BCUT2D eigenvalue weighted by molar-refractivity contribution is 5.81. The first-order chi connectivity index (χ1) is 16.4. The predicted octanol–water partition coefficient (Wildman–Crippen LogP) is 2.73. The number of nitrogens with one attached hydrogen (secondary N) is 2. The van der Waals surface area contributed by atoms with Crippen molar-refractivity contribution < 1.29 is 38.1 Å². The van der Waals surface area contributed by atoms with Crippen LogP contribution >= 0.6 is 0 Å². The summed E-state index contributed by atoms with van der Waals surface area (Å²) in [5, 5.41) is 5.60. The van der Waals surface area contributed by atoms with Gasteiger partial charge < -0.3 is 29.6 Å². The summed E-state index contributed by atoms with van der Waals surface area (Å²) in [4.78, 5) is 45.4. The van der Waals surface area contributed by atoms with Gasteiger partial charge in [-0.2, -0.15) is 0 Å². The Morgan fingerprint density at radius 1 is 0.706 bits per heavy atom. The average molecular weight is 481 g/mol. The van der Waals surface area contributed by atoms with Crippen LogP contribution in [0.5, 0.6) is 0 Å². The maximum Gasteiger partial charge on any atom is 0.407 e. The molecular weight excluding hydrogens is 444 g/mol. The average Bonchev–Trinajstić information content (AvgIpc) is 3.42. The SMILES string of the molecule is C=CC(=O)OCCCCOC(=O)NCCC1CC2CC1CC2CNC(=O)OCCOC(=O)C=C. The van der Waals surface area contributed by atoms with Crippen LogP contribution in [0.1, 0.15) is 38.5 Å². The molecule has 0 aromatic rings. The smallest absolute Gasteiger partial charge is 0.407 e. The highest BCUT2D eigenvalue weighted by Gasteiger charge is 2.45. The first-order valence-corrected chi connectivity index (χ1v) is 11.8. The van der Waals surface area contributed by atoms with Crippen LogP contribution in [-0.2, 0) is 28.5 Å². The zero-order valence-corrected chi connectivity index (χ0v) is 19.6. The van der Waals surface area contributed by atoms with Gasteiger partial charge in [0, 0.05) is 25.2 Å². The van der Waals surface area contributed by atoms with Crippen LogP contribution in [-0.4, -0.2) is 63.6 Å². The molecular formula is C24H36N2O8. The Morgan fingerprint density at radius 2 is 1.24 bits per heavy atom. The third-order valence-corrected chi connectivity index (χ3v) is 6.35. The van der Waals surface area contributed by atoms with Crippen LogP contribution in [0.2, 0.25) is 0 Å². The van der Waals surface area contributed by atoms with Gasteiger partial charge in [-0.05, 0) is 62.2 Å². The van der Waals surface area contributed by atoms with E-state index in [0.29, 0.717) is 49.6 Å². The third-order valence-electron chi connectivity index (χ3n) is 6.35. The number of rotatable bonds is 15. The van der Waals surface area contributed by atoms with Crippen molar-refractivity contribution in [1.82, 2.24) is 10.6 Å². The summed E-state index contributed by atoms with van der Waals surface area (Å²) in [5.74, 6) is 1.20. The molecule has 0 radical (unpaired) electrons. The Bertz CT molecular complexity index is 726. The number of fused-ring (bicyclic) bond motifs is 2. The first-order valence-electron chi connectivity index (χ1n) is 11.8. The van der Waals surface area contributed by atoms with E-state index in [1.165, 1.54) is 0 Å². The minimum absolute atomic E-state index is 0.00286.